The van der Waals surface area contributed by atoms with E-state index < -0.39 is 0 Å². The molecule has 3 aliphatic rings. The van der Waals surface area contributed by atoms with Gasteiger partial charge in [0, 0.05) is 6.04 Å². The van der Waals surface area contributed by atoms with E-state index in [1.165, 1.54) is 43.7 Å². The minimum Gasteiger partial charge on any atom is -0.362 e. The quantitative estimate of drug-likeness (QED) is 0.544. The SMILES string of the molecule is CSC(=NC1CC2CCC1(C)C2(C)C)NC1C(C)CCCC1C. The highest BCUT2D eigenvalue weighted by Gasteiger charge is 2.61. The summed E-state index contributed by atoms with van der Waals surface area (Å²) >= 11 is 1.82. The summed E-state index contributed by atoms with van der Waals surface area (Å²) in [4.78, 5) is 5.28. The van der Waals surface area contributed by atoms with Crippen molar-refractivity contribution in [1.82, 2.24) is 5.32 Å². The Hall–Kier alpha value is -0.180. The van der Waals surface area contributed by atoms with Crippen molar-refractivity contribution in [3.05, 3.63) is 0 Å². The number of nitrogens with zero attached hydrogens (tertiary/aromatic N) is 1. The highest BCUT2D eigenvalue weighted by molar-refractivity contribution is 8.13. The first-order valence-corrected chi connectivity index (χ1v) is 10.9. The predicted molar refractivity (Wildman–Crippen MR) is 103 cm³/mol. The molecular formula is C20H36N2S. The molecule has 2 bridgehead atoms. The first kappa shape index (κ1) is 17.6. The molecule has 0 radical (unpaired) electrons. The molecule has 0 aromatic carbocycles. The van der Waals surface area contributed by atoms with Gasteiger partial charge in [-0.2, -0.15) is 0 Å². The van der Waals surface area contributed by atoms with E-state index >= 15 is 0 Å². The van der Waals surface area contributed by atoms with E-state index in [1.807, 2.05) is 11.8 Å². The van der Waals surface area contributed by atoms with Crippen LogP contribution in [0.15, 0.2) is 4.99 Å². The highest BCUT2D eigenvalue weighted by atomic mass is 32.2. The molecule has 3 rings (SSSR count). The van der Waals surface area contributed by atoms with Gasteiger partial charge >= 0.3 is 0 Å². The average molecular weight is 337 g/mol. The highest BCUT2D eigenvalue weighted by Crippen LogP contribution is 2.66. The molecule has 132 valence electrons. The molecule has 0 aliphatic heterocycles. The smallest absolute Gasteiger partial charge is 0.156 e. The predicted octanol–water partition coefficient (Wildman–Crippen LogP) is 5.33. The van der Waals surface area contributed by atoms with Crippen LogP contribution in [0.2, 0.25) is 0 Å². The van der Waals surface area contributed by atoms with Crippen LogP contribution in [0.3, 0.4) is 0 Å². The summed E-state index contributed by atoms with van der Waals surface area (Å²) in [5.74, 6) is 2.41. The molecule has 0 saturated heterocycles. The van der Waals surface area contributed by atoms with Crippen molar-refractivity contribution in [3.8, 4) is 0 Å². The van der Waals surface area contributed by atoms with Crippen molar-refractivity contribution >= 4 is 16.9 Å². The first-order valence-electron chi connectivity index (χ1n) is 9.68. The van der Waals surface area contributed by atoms with E-state index in [9.17, 15) is 0 Å². The zero-order valence-electron chi connectivity index (χ0n) is 16.0. The molecule has 23 heavy (non-hydrogen) atoms. The van der Waals surface area contributed by atoms with Crippen LogP contribution in [-0.4, -0.2) is 23.5 Å². The summed E-state index contributed by atoms with van der Waals surface area (Å²) < 4.78 is 0. The molecule has 0 aromatic heterocycles. The maximum absolute atomic E-state index is 5.28. The summed E-state index contributed by atoms with van der Waals surface area (Å²) in [5.41, 5.74) is 0.847. The van der Waals surface area contributed by atoms with Crippen LogP contribution >= 0.6 is 11.8 Å². The lowest BCUT2D eigenvalue weighted by molar-refractivity contribution is 0.137. The van der Waals surface area contributed by atoms with Crippen LogP contribution in [0.5, 0.6) is 0 Å². The van der Waals surface area contributed by atoms with Crippen LogP contribution < -0.4 is 5.32 Å². The molecule has 1 N–H and O–H groups in total. The van der Waals surface area contributed by atoms with Crippen molar-refractivity contribution in [2.45, 2.75) is 85.2 Å². The van der Waals surface area contributed by atoms with Gasteiger partial charge in [-0.05, 0) is 66.9 Å². The van der Waals surface area contributed by atoms with Gasteiger partial charge in [-0.15, -0.1) is 0 Å². The van der Waals surface area contributed by atoms with Crippen LogP contribution in [0.25, 0.3) is 0 Å². The molecule has 5 unspecified atom stereocenters. The minimum atomic E-state index is 0.393. The van der Waals surface area contributed by atoms with E-state index in [0.717, 1.165) is 17.8 Å². The van der Waals surface area contributed by atoms with Crippen molar-refractivity contribution in [2.75, 3.05) is 6.26 Å². The Bertz CT molecular complexity index is 462. The molecule has 3 aliphatic carbocycles. The Morgan fingerprint density at radius 2 is 1.74 bits per heavy atom. The summed E-state index contributed by atoms with van der Waals surface area (Å²) in [6.45, 7) is 12.3. The largest absolute Gasteiger partial charge is 0.362 e. The number of hydrogen-bond donors (Lipinski definition) is 1. The van der Waals surface area contributed by atoms with Crippen molar-refractivity contribution in [2.24, 2.45) is 33.6 Å². The second-order valence-electron chi connectivity index (χ2n) is 9.32. The second kappa shape index (κ2) is 6.28. The van der Waals surface area contributed by atoms with E-state index in [0.29, 0.717) is 22.9 Å². The minimum absolute atomic E-state index is 0.393. The van der Waals surface area contributed by atoms with Gasteiger partial charge in [0.25, 0.3) is 0 Å². The van der Waals surface area contributed by atoms with Gasteiger partial charge in [-0.1, -0.05) is 52.8 Å². The molecule has 3 fully saturated rings. The molecule has 0 amide bonds. The number of aliphatic imine (C=N–C) groups is 1. The third kappa shape index (κ3) is 2.85. The lowest BCUT2D eigenvalue weighted by Crippen LogP contribution is -2.45. The zero-order chi connectivity index (χ0) is 16.8. The van der Waals surface area contributed by atoms with Gasteiger partial charge in [0.15, 0.2) is 5.17 Å². The van der Waals surface area contributed by atoms with E-state index in [4.69, 9.17) is 4.99 Å². The summed E-state index contributed by atoms with van der Waals surface area (Å²) in [5, 5.41) is 5.05. The van der Waals surface area contributed by atoms with Crippen LogP contribution in [-0.2, 0) is 0 Å². The van der Waals surface area contributed by atoms with E-state index in [1.54, 1.807) is 0 Å². The maximum atomic E-state index is 5.28. The number of rotatable bonds is 2. The fraction of sp³-hybridized carbons (Fsp3) is 0.950. The Balaban J connectivity index is 1.75. The summed E-state index contributed by atoms with van der Waals surface area (Å²) in [7, 11) is 0. The van der Waals surface area contributed by atoms with E-state index in [-0.39, 0.29) is 0 Å². The molecule has 0 heterocycles. The molecule has 0 spiro atoms. The van der Waals surface area contributed by atoms with Gasteiger partial charge in [0.05, 0.1) is 6.04 Å². The van der Waals surface area contributed by atoms with Crippen molar-refractivity contribution in [3.63, 3.8) is 0 Å². The molecule has 3 heteroatoms. The summed E-state index contributed by atoms with van der Waals surface area (Å²) in [6.07, 6.45) is 10.4. The maximum Gasteiger partial charge on any atom is 0.156 e. The lowest BCUT2D eigenvalue weighted by Gasteiger charge is -2.39. The van der Waals surface area contributed by atoms with Gasteiger partial charge in [-0.3, -0.25) is 4.99 Å². The van der Waals surface area contributed by atoms with Gasteiger partial charge in [0.2, 0.25) is 0 Å². The Kier molecular flexibility index (Phi) is 4.81. The Morgan fingerprint density at radius 3 is 2.22 bits per heavy atom. The Morgan fingerprint density at radius 1 is 1.09 bits per heavy atom. The standard InChI is InChI=1S/C20H36N2S/c1-13-8-7-9-14(2)17(13)22-18(23-6)21-16-12-15-10-11-20(16,5)19(15,3)4/h13-17H,7-12H2,1-6H3,(H,21,22). The molecule has 5 atom stereocenters. The van der Waals surface area contributed by atoms with Gasteiger partial charge in [0.1, 0.15) is 0 Å². The average Bonchev–Trinajstić information content (AvgIpc) is 2.83. The van der Waals surface area contributed by atoms with Gasteiger partial charge in [-0.25, -0.2) is 0 Å². The monoisotopic (exact) mass is 336 g/mol. The molecule has 0 aromatic rings. The van der Waals surface area contributed by atoms with Crippen LogP contribution in [0, 0.1) is 28.6 Å². The third-order valence-corrected chi connectivity index (χ3v) is 8.66. The van der Waals surface area contributed by atoms with Crippen LogP contribution in [0.4, 0.5) is 0 Å². The zero-order valence-corrected chi connectivity index (χ0v) is 16.8. The van der Waals surface area contributed by atoms with Gasteiger partial charge < -0.3 is 5.32 Å². The number of amidine groups is 1. The van der Waals surface area contributed by atoms with Crippen LogP contribution in [0.1, 0.15) is 73.1 Å². The van der Waals surface area contributed by atoms with Crippen molar-refractivity contribution < 1.29 is 0 Å². The normalized spacial score (nSPS) is 46.2. The Labute approximate surface area is 147 Å². The number of thioether (sulfide) groups is 1. The second-order valence-corrected chi connectivity index (χ2v) is 10.1. The lowest BCUT2D eigenvalue weighted by atomic mass is 9.69. The molecule has 3 saturated carbocycles. The van der Waals surface area contributed by atoms with E-state index in [2.05, 4.69) is 46.2 Å². The third-order valence-electron chi connectivity index (χ3n) is 8.05. The molecule has 2 nitrogen and oxygen atoms in total. The first-order chi connectivity index (χ1) is 10.8. The fourth-order valence-electron chi connectivity index (χ4n) is 5.76. The summed E-state index contributed by atoms with van der Waals surface area (Å²) in [6, 6.07) is 1.12. The van der Waals surface area contributed by atoms with Crippen molar-refractivity contribution in [1.29, 1.82) is 0 Å². The number of nitrogens with one attached hydrogen (secondary N) is 1. The topological polar surface area (TPSA) is 24.4 Å². The molecular weight excluding hydrogens is 300 g/mol. The number of hydrogen-bond acceptors (Lipinski definition) is 2. The fourth-order valence-corrected chi connectivity index (χ4v) is 6.24. The number of fused-ring (bicyclic) bond motifs is 2.